The molecule has 1 aromatic rings. The van der Waals surface area contributed by atoms with E-state index >= 15 is 0 Å². The molecule has 2 saturated heterocycles. The first kappa shape index (κ1) is 16.9. The molecule has 3 fully saturated rings. The molecule has 0 bridgehead atoms. The zero-order valence-corrected chi connectivity index (χ0v) is 15.5. The number of amides is 2. The van der Waals surface area contributed by atoms with Crippen molar-refractivity contribution in [3.8, 4) is 0 Å². The van der Waals surface area contributed by atoms with E-state index in [0.717, 1.165) is 63.4 Å². The molecule has 2 amide bonds. The number of hydrogen-bond acceptors (Lipinski definition) is 3. The van der Waals surface area contributed by atoms with Crippen LogP contribution >= 0.6 is 0 Å². The summed E-state index contributed by atoms with van der Waals surface area (Å²) in [6.07, 6.45) is 7.86. The maximum absolute atomic E-state index is 13.0. The number of rotatable bonds is 3. The van der Waals surface area contributed by atoms with Gasteiger partial charge in [-0.3, -0.25) is 10.00 Å². The summed E-state index contributed by atoms with van der Waals surface area (Å²) in [5.74, 6) is 1.46. The summed E-state index contributed by atoms with van der Waals surface area (Å²) in [4.78, 5) is 15.2. The summed E-state index contributed by atoms with van der Waals surface area (Å²) in [6, 6.07) is 2.46. The Morgan fingerprint density at radius 1 is 1.40 bits per heavy atom. The van der Waals surface area contributed by atoms with Crippen molar-refractivity contribution in [2.24, 2.45) is 18.4 Å². The number of urea groups is 1. The number of anilines is 1. The van der Waals surface area contributed by atoms with Crippen LogP contribution in [0.5, 0.6) is 0 Å². The van der Waals surface area contributed by atoms with Crippen LogP contribution in [0.2, 0.25) is 0 Å². The van der Waals surface area contributed by atoms with Crippen LogP contribution in [0.15, 0.2) is 6.07 Å². The molecule has 1 aliphatic carbocycles. The molecule has 1 aromatic heterocycles. The van der Waals surface area contributed by atoms with E-state index in [9.17, 15) is 4.79 Å². The summed E-state index contributed by atoms with van der Waals surface area (Å²) in [7, 11) is 1.90. The van der Waals surface area contributed by atoms with Crippen molar-refractivity contribution in [1.82, 2.24) is 14.7 Å². The zero-order valence-electron chi connectivity index (χ0n) is 15.5. The van der Waals surface area contributed by atoms with Gasteiger partial charge in [0.05, 0.1) is 5.69 Å². The van der Waals surface area contributed by atoms with Gasteiger partial charge in [0.1, 0.15) is 5.82 Å². The van der Waals surface area contributed by atoms with Crippen LogP contribution in [0.4, 0.5) is 10.6 Å². The second-order valence-corrected chi connectivity index (χ2v) is 8.03. The predicted octanol–water partition coefficient (Wildman–Crippen LogP) is 3.19. The lowest BCUT2D eigenvalue weighted by atomic mass is 9.71. The standard InChI is InChI=1S/C19H30N4O2/c1-3-5-14-12-17(22(2)21-14)20-18(24)23-13-19(8-10-25-11-9-19)15-6-4-7-16(15)23/h12,15-16H,3-11,13H2,1-2H3,(H,20,24)/t15-,16+/m1/s1. The number of aromatic nitrogens is 2. The van der Waals surface area contributed by atoms with Crippen molar-refractivity contribution in [3.05, 3.63) is 11.8 Å². The highest BCUT2D eigenvalue weighted by Gasteiger charge is 2.55. The Hall–Kier alpha value is -1.56. The Labute approximate surface area is 149 Å². The Balaban J connectivity index is 1.50. The first-order valence-corrected chi connectivity index (χ1v) is 9.81. The molecule has 3 heterocycles. The van der Waals surface area contributed by atoms with Crippen molar-refractivity contribution in [1.29, 1.82) is 0 Å². The number of aryl methyl sites for hydroxylation is 2. The fraction of sp³-hybridized carbons (Fsp3) is 0.789. The molecule has 0 unspecified atom stereocenters. The van der Waals surface area contributed by atoms with E-state index in [0.29, 0.717) is 12.0 Å². The molecule has 1 saturated carbocycles. The van der Waals surface area contributed by atoms with Crippen LogP contribution in [-0.4, -0.2) is 46.5 Å². The van der Waals surface area contributed by atoms with Gasteiger partial charge in [0.15, 0.2) is 0 Å². The predicted molar refractivity (Wildman–Crippen MR) is 96.5 cm³/mol. The molecule has 2 atom stereocenters. The van der Waals surface area contributed by atoms with Gasteiger partial charge in [0, 0.05) is 38.9 Å². The maximum Gasteiger partial charge on any atom is 0.323 e. The van der Waals surface area contributed by atoms with E-state index in [4.69, 9.17) is 4.74 Å². The molecule has 4 rings (SSSR count). The summed E-state index contributed by atoms with van der Waals surface area (Å²) in [6.45, 7) is 4.73. The molecule has 0 aromatic carbocycles. The second-order valence-electron chi connectivity index (χ2n) is 8.03. The van der Waals surface area contributed by atoms with Gasteiger partial charge in [-0.15, -0.1) is 0 Å². The number of fused-ring (bicyclic) bond motifs is 2. The normalized spacial score (nSPS) is 27.7. The Kier molecular flexibility index (Phi) is 4.48. The minimum atomic E-state index is 0.0475. The lowest BCUT2D eigenvalue weighted by Gasteiger charge is -2.37. The summed E-state index contributed by atoms with van der Waals surface area (Å²) in [5, 5.41) is 7.62. The Morgan fingerprint density at radius 2 is 2.20 bits per heavy atom. The molecule has 138 valence electrons. The molecule has 3 aliphatic rings. The molecular weight excluding hydrogens is 316 g/mol. The molecule has 6 heteroatoms. The molecule has 1 spiro atoms. The number of hydrogen-bond donors (Lipinski definition) is 1. The van der Waals surface area contributed by atoms with E-state index < -0.39 is 0 Å². The maximum atomic E-state index is 13.0. The SMILES string of the molecule is CCCc1cc(NC(=O)N2CC3(CCOCC3)[C@@H]3CCC[C@@H]32)n(C)n1. The molecule has 0 radical (unpaired) electrons. The van der Waals surface area contributed by atoms with E-state index in [-0.39, 0.29) is 11.4 Å². The van der Waals surface area contributed by atoms with Crippen molar-refractivity contribution < 1.29 is 9.53 Å². The lowest BCUT2D eigenvalue weighted by Crippen LogP contribution is -2.40. The van der Waals surface area contributed by atoms with Crippen LogP contribution < -0.4 is 5.32 Å². The molecule has 1 N–H and O–H groups in total. The fourth-order valence-corrected chi connectivity index (χ4v) is 5.33. The van der Waals surface area contributed by atoms with Gasteiger partial charge in [-0.25, -0.2) is 4.79 Å². The average molecular weight is 346 g/mol. The van der Waals surface area contributed by atoms with Crippen molar-refractivity contribution in [3.63, 3.8) is 0 Å². The van der Waals surface area contributed by atoms with Gasteiger partial charge in [-0.2, -0.15) is 5.10 Å². The van der Waals surface area contributed by atoms with Gasteiger partial charge in [0.25, 0.3) is 0 Å². The molecule has 6 nitrogen and oxygen atoms in total. The number of ether oxygens (including phenoxy) is 1. The number of nitrogens with one attached hydrogen (secondary N) is 1. The highest BCUT2D eigenvalue weighted by Crippen LogP contribution is 2.53. The Morgan fingerprint density at radius 3 is 2.96 bits per heavy atom. The van der Waals surface area contributed by atoms with Gasteiger partial charge in [0.2, 0.25) is 0 Å². The van der Waals surface area contributed by atoms with Gasteiger partial charge in [-0.05, 0) is 43.4 Å². The monoisotopic (exact) mass is 346 g/mol. The quantitative estimate of drug-likeness (QED) is 0.914. The van der Waals surface area contributed by atoms with Gasteiger partial charge in [-0.1, -0.05) is 19.8 Å². The van der Waals surface area contributed by atoms with Crippen molar-refractivity contribution >= 4 is 11.8 Å². The van der Waals surface area contributed by atoms with Crippen LogP contribution in [0.3, 0.4) is 0 Å². The van der Waals surface area contributed by atoms with Crippen molar-refractivity contribution in [2.45, 2.75) is 57.9 Å². The summed E-state index contributed by atoms with van der Waals surface area (Å²) < 4.78 is 7.39. The third-order valence-corrected chi connectivity index (χ3v) is 6.57. The van der Waals surface area contributed by atoms with E-state index in [2.05, 4.69) is 22.2 Å². The van der Waals surface area contributed by atoms with Crippen LogP contribution in [-0.2, 0) is 18.2 Å². The zero-order chi connectivity index (χ0) is 17.4. The number of likely N-dealkylation sites (tertiary alicyclic amines) is 1. The van der Waals surface area contributed by atoms with E-state index in [1.54, 1.807) is 4.68 Å². The number of carbonyl (C=O) groups is 1. The number of carbonyl (C=O) groups excluding carboxylic acids is 1. The fourth-order valence-electron chi connectivity index (χ4n) is 5.33. The largest absolute Gasteiger partial charge is 0.381 e. The summed E-state index contributed by atoms with van der Waals surface area (Å²) >= 11 is 0. The third-order valence-electron chi connectivity index (χ3n) is 6.57. The number of nitrogens with zero attached hydrogens (tertiary/aromatic N) is 3. The topological polar surface area (TPSA) is 59.4 Å². The highest BCUT2D eigenvalue weighted by molar-refractivity contribution is 5.89. The molecular formula is C19H30N4O2. The van der Waals surface area contributed by atoms with E-state index in [1.807, 2.05) is 13.1 Å². The van der Waals surface area contributed by atoms with Gasteiger partial charge < -0.3 is 9.64 Å². The first-order chi connectivity index (χ1) is 12.1. The van der Waals surface area contributed by atoms with Crippen LogP contribution in [0.25, 0.3) is 0 Å². The lowest BCUT2D eigenvalue weighted by molar-refractivity contribution is -0.000304. The first-order valence-electron chi connectivity index (χ1n) is 9.81. The second kappa shape index (κ2) is 6.63. The van der Waals surface area contributed by atoms with Crippen LogP contribution in [0.1, 0.15) is 51.1 Å². The molecule has 2 aliphatic heterocycles. The average Bonchev–Trinajstić information content (AvgIpc) is 3.27. The Bertz CT molecular complexity index is 635. The van der Waals surface area contributed by atoms with Crippen LogP contribution in [0, 0.1) is 11.3 Å². The minimum absolute atomic E-state index is 0.0475. The smallest absolute Gasteiger partial charge is 0.323 e. The highest BCUT2D eigenvalue weighted by atomic mass is 16.5. The summed E-state index contributed by atoms with van der Waals surface area (Å²) in [5.41, 5.74) is 1.33. The van der Waals surface area contributed by atoms with Crippen molar-refractivity contribution in [2.75, 3.05) is 25.1 Å². The molecule has 25 heavy (non-hydrogen) atoms. The third kappa shape index (κ3) is 2.94. The van der Waals surface area contributed by atoms with Gasteiger partial charge >= 0.3 is 6.03 Å². The minimum Gasteiger partial charge on any atom is -0.381 e. The van der Waals surface area contributed by atoms with E-state index in [1.165, 1.54) is 12.8 Å².